The van der Waals surface area contributed by atoms with Gasteiger partial charge < -0.3 is 10.2 Å². The van der Waals surface area contributed by atoms with Gasteiger partial charge in [-0.05, 0) is 43.7 Å². The van der Waals surface area contributed by atoms with Gasteiger partial charge in [0.05, 0.1) is 0 Å². The van der Waals surface area contributed by atoms with E-state index in [1.807, 2.05) is 0 Å². The third kappa shape index (κ3) is 2.14. The number of nitrogens with zero attached hydrogens (tertiary/aromatic N) is 1. The van der Waals surface area contributed by atoms with E-state index >= 15 is 0 Å². The van der Waals surface area contributed by atoms with Crippen molar-refractivity contribution in [3.63, 3.8) is 0 Å². The van der Waals surface area contributed by atoms with Gasteiger partial charge in [0, 0.05) is 30.9 Å². The monoisotopic (exact) mass is 244 g/mol. The van der Waals surface area contributed by atoms with E-state index in [0.717, 1.165) is 19.0 Å². The van der Waals surface area contributed by atoms with Gasteiger partial charge in [0.25, 0.3) is 0 Å². The first-order chi connectivity index (χ1) is 8.73. The number of anilines is 1. The van der Waals surface area contributed by atoms with Crippen LogP contribution in [0.25, 0.3) is 0 Å². The highest BCUT2D eigenvalue weighted by Crippen LogP contribution is 2.42. The lowest BCUT2D eigenvalue weighted by Crippen LogP contribution is -2.51. The average molecular weight is 244 g/mol. The first-order valence-corrected chi connectivity index (χ1v) is 7.31. The Labute approximate surface area is 110 Å². The quantitative estimate of drug-likeness (QED) is 0.878. The molecule has 1 aliphatic carbocycles. The summed E-state index contributed by atoms with van der Waals surface area (Å²) in [6, 6.07) is 8.88. The summed E-state index contributed by atoms with van der Waals surface area (Å²) in [5.41, 5.74) is 3.19. The summed E-state index contributed by atoms with van der Waals surface area (Å²) >= 11 is 0. The number of para-hydroxylation sites is 1. The van der Waals surface area contributed by atoms with Crippen molar-refractivity contribution in [1.29, 1.82) is 0 Å². The zero-order chi connectivity index (χ0) is 12.6. The lowest BCUT2D eigenvalue weighted by Gasteiger charge is -2.35. The van der Waals surface area contributed by atoms with Gasteiger partial charge >= 0.3 is 0 Å². The number of nitrogens with one attached hydrogen (secondary N) is 1. The van der Waals surface area contributed by atoms with Crippen LogP contribution in [0, 0.1) is 5.92 Å². The van der Waals surface area contributed by atoms with Crippen LogP contribution in [0.15, 0.2) is 24.3 Å². The van der Waals surface area contributed by atoms with Crippen molar-refractivity contribution >= 4 is 5.69 Å². The van der Waals surface area contributed by atoms with Crippen molar-refractivity contribution in [2.24, 2.45) is 5.92 Å². The molecule has 1 fully saturated rings. The Balaban J connectivity index is 1.91. The van der Waals surface area contributed by atoms with Crippen LogP contribution in [-0.4, -0.2) is 18.6 Å². The SMILES string of the molecule is CCCN1CC(C)(C2CC2)NCc2ccccc21. The summed E-state index contributed by atoms with van der Waals surface area (Å²) in [5.74, 6) is 0.881. The molecule has 2 nitrogen and oxygen atoms in total. The largest absolute Gasteiger partial charge is 0.369 e. The van der Waals surface area contributed by atoms with E-state index in [4.69, 9.17) is 0 Å². The molecule has 1 aromatic rings. The third-order valence-electron chi connectivity index (χ3n) is 4.51. The zero-order valence-corrected chi connectivity index (χ0v) is 11.6. The van der Waals surface area contributed by atoms with Crippen LogP contribution >= 0.6 is 0 Å². The van der Waals surface area contributed by atoms with Crippen LogP contribution in [0.5, 0.6) is 0 Å². The van der Waals surface area contributed by atoms with Crippen LogP contribution in [0.3, 0.4) is 0 Å². The molecule has 1 unspecified atom stereocenters. The van der Waals surface area contributed by atoms with E-state index < -0.39 is 0 Å². The van der Waals surface area contributed by atoms with Crippen molar-refractivity contribution < 1.29 is 0 Å². The normalized spacial score (nSPS) is 27.8. The average Bonchev–Trinajstić information content (AvgIpc) is 3.20. The highest BCUT2D eigenvalue weighted by Gasteiger charge is 2.43. The Morgan fingerprint density at radius 2 is 2.11 bits per heavy atom. The van der Waals surface area contributed by atoms with Crippen LogP contribution < -0.4 is 10.2 Å². The van der Waals surface area contributed by atoms with Crippen molar-refractivity contribution in [3.05, 3.63) is 29.8 Å². The first-order valence-electron chi connectivity index (χ1n) is 7.31. The lowest BCUT2D eigenvalue weighted by atomic mass is 9.95. The summed E-state index contributed by atoms with van der Waals surface area (Å²) in [4.78, 5) is 2.59. The number of hydrogen-bond acceptors (Lipinski definition) is 2. The van der Waals surface area contributed by atoms with Crippen LogP contribution in [0.4, 0.5) is 5.69 Å². The van der Waals surface area contributed by atoms with Crippen molar-refractivity contribution in [1.82, 2.24) is 5.32 Å². The topological polar surface area (TPSA) is 15.3 Å². The molecule has 3 rings (SSSR count). The molecule has 1 N–H and O–H groups in total. The highest BCUT2D eigenvalue weighted by molar-refractivity contribution is 5.55. The number of benzene rings is 1. The Morgan fingerprint density at radius 1 is 1.33 bits per heavy atom. The smallest absolute Gasteiger partial charge is 0.0412 e. The number of rotatable bonds is 3. The van der Waals surface area contributed by atoms with Gasteiger partial charge in [0.15, 0.2) is 0 Å². The predicted octanol–water partition coefficient (Wildman–Crippen LogP) is 3.17. The van der Waals surface area contributed by atoms with E-state index in [1.54, 1.807) is 0 Å². The Bertz CT molecular complexity index is 425. The molecular formula is C16H24N2. The molecule has 0 spiro atoms. The molecular weight excluding hydrogens is 220 g/mol. The second-order valence-electron chi connectivity index (χ2n) is 6.10. The third-order valence-corrected chi connectivity index (χ3v) is 4.51. The van der Waals surface area contributed by atoms with Gasteiger partial charge in [-0.2, -0.15) is 0 Å². The van der Waals surface area contributed by atoms with E-state index in [0.29, 0.717) is 5.54 Å². The summed E-state index contributed by atoms with van der Waals surface area (Å²) in [6.45, 7) is 8.03. The maximum atomic E-state index is 3.82. The van der Waals surface area contributed by atoms with Crippen LogP contribution in [0.2, 0.25) is 0 Å². The second-order valence-corrected chi connectivity index (χ2v) is 6.10. The molecule has 0 saturated heterocycles. The second kappa shape index (κ2) is 4.58. The Hall–Kier alpha value is -1.02. The van der Waals surface area contributed by atoms with Crippen molar-refractivity contribution in [3.8, 4) is 0 Å². The molecule has 1 aromatic carbocycles. The Kier molecular flexibility index (Phi) is 3.06. The molecule has 1 atom stereocenters. The molecule has 1 heterocycles. The molecule has 1 aliphatic heterocycles. The standard InChI is InChI=1S/C16H24N2/c1-3-10-18-12-16(2,14-8-9-14)17-11-13-6-4-5-7-15(13)18/h4-7,14,17H,3,8-12H2,1-2H3. The maximum Gasteiger partial charge on any atom is 0.0412 e. The van der Waals surface area contributed by atoms with E-state index in [-0.39, 0.29) is 0 Å². The summed E-state index contributed by atoms with van der Waals surface area (Å²) < 4.78 is 0. The van der Waals surface area contributed by atoms with Gasteiger partial charge in [-0.15, -0.1) is 0 Å². The maximum absolute atomic E-state index is 3.82. The fourth-order valence-electron chi connectivity index (χ4n) is 3.27. The van der Waals surface area contributed by atoms with Crippen LogP contribution in [0.1, 0.15) is 38.7 Å². The van der Waals surface area contributed by atoms with E-state index in [2.05, 4.69) is 48.3 Å². The molecule has 2 heteroatoms. The zero-order valence-electron chi connectivity index (χ0n) is 11.6. The van der Waals surface area contributed by atoms with Crippen LogP contribution in [-0.2, 0) is 6.54 Å². The molecule has 0 aromatic heterocycles. The first kappa shape index (κ1) is 12.0. The van der Waals surface area contributed by atoms with Gasteiger partial charge in [-0.3, -0.25) is 0 Å². The Morgan fingerprint density at radius 3 is 2.83 bits per heavy atom. The van der Waals surface area contributed by atoms with E-state index in [9.17, 15) is 0 Å². The van der Waals surface area contributed by atoms with Crippen molar-refractivity contribution in [2.75, 3.05) is 18.0 Å². The summed E-state index contributed by atoms with van der Waals surface area (Å²) in [5, 5.41) is 3.82. The highest BCUT2D eigenvalue weighted by atomic mass is 15.2. The summed E-state index contributed by atoms with van der Waals surface area (Å²) in [7, 11) is 0. The molecule has 0 radical (unpaired) electrons. The number of hydrogen-bond donors (Lipinski definition) is 1. The van der Waals surface area contributed by atoms with Gasteiger partial charge in [0.2, 0.25) is 0 Å². The number of fused-ring (bicyclic) bond motifs is 1. The predicted molar refractivity (Wildman–Crippen MR) is 76.9 cm³/mol. The fraction of sp³-hybridized carbons (Fsp3) is 0.625. The minimum Gasteiger partial charge on any atom is -0.369 e. The molecule has 0 bridgehead atoms. The molecule has 98 valence electrons. The molecule has 18 heavy (non-hydrogen) atoms. The summed E-state index contributed by atoms with van der Waals surface area (Å²) in [6.07, 6.45) is 4.02. The molecule has 0 amide bonds. The van der Waals surface area contributed by atoms with E-state index in [1.165, 1.54) is 37.1 Å². The minimum absolute atomic E-state index is 0.300. The fourth-order valence-corrected chi connectivity index (χ4v) is 3.27. The lowest BCUT2D eigenvalue weighted by molar-refractivity contribution is 0.316. The molecule has 2 aliphatic rings. The van der Waals surface area contributed by atoms with Gasteiger partial charge in [-0.1, -0.05) is 25.1 Å². The van der Waals surface area contributed by atoms with Gasteiger partial charge in [0.1, 0.15) is 0 Å². The molecule has 1 saturated carbocycles. The van der Waals surface area contributed by atoms with Gasteiger partial charge in [-0.25, -0.2) is 0 Å². The van der Waals surface area contributed by atoms with Crippen molar-refractivity contribution in [2.45, 2.75) is 45.2 Å². The minimum atomic E-state index is 0.300.